The molecule has 0 aliphatic rings. The number of benzene rings is 2. The van der Waals surface area contributed by atoms with Crippen LogP contribution in [0.1, 0.15) is 44.7 Å². The maximum atomic E-state index is 12.5. The van der Waals surface area contributed by atoms with Gasteiger partial charge in [0.2, 0.25) is 10.0 Å². The molecule has 2 aromatic carbocycles. The molecular formula is C24H32N2O5S. The third-order valence-corrected chi connectivity index (χ3v) is 6.44. The topological polar surface area (TPSA) is 102 Å². The molecule has 0 saturated heterocycles. The molecule has 0 heterocycles. The number of nitrogens with one attached hydrogen (secondary N) is 2. The van der Waals surface area contributed by atoms with Crippen molar-refractivity contribution in [3.05, 3.63) is 65.7 Å². The highest BCUT2D eigenvalue weighted by atomic mass is 32.2. The van der Waals surface area contributed by atoms with E-state index < -0.39 is 34.5 Å². The highest BCUT2D eigenvalue weighted by Gasteiger charge is 2.30. The molecule has 2 aromatic rings. The maximum absolute atomic E-state index is 12.5. The highest BCUT2D eigenvalue weighted by Crippen LogP contribution is 2.15. The molecule has 2 N–H and O–H groups in total. The Morgan fingerprint density at radius 1 is 0.938 bits per heavy atom. The van der Waals surface area contributed by atoms with E-state index in [1.54, 1.807) is 32.0 Å². The average Bonchev–Trinajstić information content (AvgIpc) is 2.76. The molecule has 0 radical (unpaired) electrons. The summed E-state index contributed by atoms with van der Waals surface area (Å²) in [7, 11) is -3.89. The van der Waals surface area contributed by atoms with Gasteiger partial charge in [0.05, 0.1) is 4.90 Å². The molecule has 0 unspecified atom stereocenters. The van der Waals surface area contributed by atoms with Crippen LogP contribution in [-0.2, 0) is 30.8 Å². The Bertz CT molecular complexity index is 987. The van der Waals surface area contributed by atoms with E-state index in [1.807, 2.05) is 12.1 Å². The van der Waals surface area contributed by atoms with E-state index in [-0.39, 0.29) is 10.8 Å². The van der Waals surface area contributed by atoms with E-state index in [4.69, 9.17) is 4.74 Å². The fraction of sp³-hybridized carbons (Fsp3) is 0.417. The van der Waals surface area contributed by atoms with Crippen molar-refractivity contribution >= 4 is 21.9 Å². The van der Waals surface area contributed by atoms with Gasteiger partial charge in [0, 0.05) is 6.54 Å². The molecule has 0 aromatic heterocycles. The van der Waals surface area contributed by atoms with Crippen LogP contribution in [0.4, 0.5) is 0 Å². The molecule has 32 heavy (non-hydrogen) atoms. The molecule has 0 aliphatic heterocycles. The smallest absolute Gasteiger partial charge is 0.324 e. The normalized spacial score (nSPS) is 12.6. The minimum Gasteiger partial charge on any atom is -0.454 e. The van der Waals surface area contributed by atoms with Gasteiger partial charge in [0.15, 0.2) is 6.61 Å². The van der Waals surface area contributed by atoms with Crippen LogP contribution in [0.3, 0.4) is 0 Å². The minimum absolute atomic E-state index is 0.0534. The Kier molecular flexibility index (Phi) is 9.41. The number of carbonyl (C=O) groups excluding carboxylic acids is 2. The van der Waals surface area contributed by atoms with Crippen molar-refractivity contribution in [2.75, 3.05) is 13.2 Å². The molecule has 0 aliphatic carbocycles. The first-order chi connectivity index (χ1) is 15.1. The van der Waals surface area contributed by atoms with E-state index in [0.717, 1.165) is 5.56 Å². The van der Waals surface area contributed by atoms with Crippen LogP contribution in [-0.4, -0.2) is 39.5 Å². The molecule has 0 spiro atoms. The zero-order chi connectivity index (χ0) is 23.7. The van der Waals surface area contributed by atoms with Crippen molar-refractivity contribution in [2.24, 2.45) is 5.92 Å². The Morgan fingerprint density at radius 3 is 2.12 bits per heavy atom. The Labute approximate surface area is 190 Å². The lowest BCUT2D eigenvalue weighted by molar-refractivity contribution is -0.151. The molecule has 1 atom stereocenters. The summed E-state index contributed by atoms with van der Waals surface area (Å²) in [5, 5.41) is 2.71. The lowest BCUT2D eigenvalue weighted by atomic mass is 10.0. The molecular weight excluding hydrogens is 428 g/mol. The maximum Gasteiger partial charge on any atom is 0.324 e. The molecule has 1 amide bonds. The number of rotatable bonds is 11. The Hall–Kier alpha value is -2.71. The summed E-state index contributed by atoms with van der Waals surface area (Å²) in [6.45, 7) is 7.60. The van der Waals surface area contributed by atoms with Gasteiger partial charge < -0.3 is 10.1 Å². The van der Waals surface area contributed by atoms with E-state index in [9.17, 15) is 18.0 Å². The second-order valence-electron chi connectivity index (χ2n) is 8.26. The van der Waals surface area contributed by atoms with Gasteiger partial charge in [-0.1, -0.05) is 70.2 Å². The van der Waals surface area contributed by atoms with Crippen molar-refractivity contribution < 1.29 is 22.7 Å². The van der Waals surface area contributed by atoms with E-state index in [0.29, 0.717) is 18.9 Å². The predicted octanol–water partition coefficient (Wildman–Crippen LogP) is 3.02. The van der Waals surface area contributed by atoms with E-state index in [2.05, 4.69) is 36.0 Å². The Morgan fingerprint density at radius 2 is 1.56 bits per heavy atom. The summed E-state index contributed by atoms with van der Waals surface area (Å²) in [4.78, 5) is 24.6. The monoisotopic (exact) mass is 460 g/mol. The lowest BCUT2D eigenvalue weighted by Gasteiger charge is -2.20. The number of esters is 1. The van der Waals surface area contributed by atoms with Gasteiger partial charge >= 0.3 is 5.97 Å². The van der Waals surface area contributed by atoms with Gasteiger partial charge in [0.25, 0.3) is 5.91 Å². The van der Waals surface area contributed by atoms with Crippen LogP contribution in [0.2, 0.25) is 0 Å². The van der Waals surface area contributed by atoms with Crippen molar-refractivity contribution in [3.8, 4) is 0 Å². The highest BCUT2D eigenvalue weighted by molar-refractivity contribution is 7.89. The van der Waals surface area contributed by atoms with Crippen molar-refractivity contribution in [3.63, 3.8) is 0 Å². The van der Waals surface area contributed by atoms with Crippen LogP contribution in [0.5, 0.6) is 0 Å². The van der Waals surface area contributed by atoms with Crippen molar-refractivity contribution in [1.82, 2.24) is 10.0 Å². The number of hydrogen-bond donors (Lipinski definition) is 2. The molecule has 0 bridgehead atoms. The SMILES string of the molecule is CC(C)c1ccc(CCNC(=O)COC(=O)[C@@H](NS(=O)(=O)c2ccccc2)C(C)C)cc1. The summed E-state index contributed by atoms with van der Waals surface area (Å²) in [6, 6.07) is 14.9. The molecule has 8 heteroatoms. The van der Waals surface area contributed by atoms with Crippen LogP contribution in [0, 0.1) is 5.92 Å². The first-order valence-electron chi connectivity index (χ1n) is 10.7. The number of sulfonamides is 1. The quantitative estimate of drug-likeness (QED) is 0.502. The van der Waals surface area contributed by atoms with Gasteiger partial charge in [-0.3, -0.25) is 9.59 Å². The first-order valence-corrected chi connectivity index (χ1v) is 12.2. The van der Waals surface area contributed by atoms with Crippen LogP contribution in [0.15, 0.2) is 59.5 Å². The number of amides is 1. The molecule has 174 valence electrons. The zero-order valence-corrected chi connectivity index (χ0v) is 19.8. The second kappa shape index (κ2) is 11.8. The van der Waals surface area contributed by atoms with Gasteiger partial charge in [-0.2, -0.15) is 4.72 Å². The van der Waals surface area contributed by atoms with Crippen LogP contribution in [0.25, 0.3) is 0 Å². The van der Waals surface area contributed by atoms with Gasteiger partial charge in [0.1, 0.15) is 6.04 Å². The van der Waals surface area contributed by atoms with Gasteiger partial charge in [-0.25, -0.2) is 8.42 Å². The zero-order valence-electron chi connectivity index (χ0n) is 19.0. The lowest BCUT2D eigenvalue weighted by Crippen LogP contribution is -2.46. The van der Waals surface area contributed by atoms with Gasteiger partial charge in [-0.15, -0.1) is 0 Å². The Balaban J connectivity index is 1.82. The minimum atomic E-state index is -3.89. The predicted molar refractivity (Wildman–Crippen MR) is 124 cm³/mol. The van der Waals surface area contributed by atoms with Crippen LogP contribution >= 0.6 is 0 Å². The number of ether oxygens (including phenoxy) is 1. The average molecular weight is 461 g/mol. The summed E-state index contributed by atoms with van der Waals surface area (Å²) in [5.74, 6) is -1.13. The fourth-order valence-electron chi connectivity index (χ4n) is 2.98. The van der Waals surface area contributed by atoms with Crippen molar-refractivity contribution in [1.29, 1.82) is 0 Å². The summed E-state index contributed by atoms with van der Waals surface area (Å²) in [5.41, 5.74) is 2.36. The fourth-order valence-corrected chi connectivity index (χ4v) is 4.34. The summed E-state index contributed by atoms with van der Waals surface area (Å²) in [6.07, 6.45) is 0.656. The van der Waals surface area contributed by atoms with E-state index in [1.165, 1.54) is 17.7 Å². The molecule has 7 nitrogen and oxygen atoms in total. The largest absolute Gasteiger partial charge is 0.454 e. The standard InChI is InChI=1S/C24H32N2O5S/c1-17(2)20-12-10-19(11-13-20)14-15-25-22(27)16-31-24(28)23(18(3)4)26-32(29,30)21-8-6-5-7-9-21/h5-13,17-18,23,26H,14-16H2,1-4H3,(H,25,27)/t23-/m0/s1. The third-order valence-electron chi connectivity index (χ3n) is 4.98. The first kappa shape index (κ1) is 25.5. The summed E-state index contributed by atoms with van der Waals surface area (Å²) >= 11 is 0. The molecule has 0 fully saturated rings. The molecule has 2 rings (SSSR count). The van der Waals surface area contributed by atoms with Crippen molar-refractivity contribution in [2.45, 2.75) is 51.0 Å². The number of hydrogen-bond acceptors (Lipinski definition) is 5. The summed E-state index contributed by atoms with van der Waals surface area (Å²) < 4.78 is 32.5. The second-order valence-corrected chi connectivity index (χ2v) is 9.97. The van der Waals surface area contributed by atoms with E-state index >= 15 is 0 Å². The van der Waals surface area contributed by atoms with Gasteiger partial charge in [-0.05, 0) is 41.5 Å². The number of carbonyl (C=O) groups is 2. The third kappa shape index (κ3) is 7.76. The van der Waals surface area contributed by atoms with Crippen LogP contribution < -0.4 is 10.0 Å². The molecule has 0 saturated carbocycles.